The van der Waals surface area contributed by atoms with Crippen LogP contribution in [0.3, 0.4) is 0 Å². The largest absolute Gasteiger partial charge is 0.381 e. The van der Waals surface area contributed by atoms with E-state index in [0.717, 1.165) is 25.0 Å². The van der Waals surface area contributed by atoms with Gasteiger partial charge in [-0.2, -0.15) is 0 Å². The Labute approximate surface area is 75.5 Å². The fourth-order valence-corrected chi connectivity index (χ4v) is 2.76. The van der Waals surface area contributed by atoms with Gasteiger partial charge in [-0.3, -0.25) is 0 Å². The van der Waals surface area contributed by atoms with Crippen LogP contribution in [-0.2, 0) is 4.74 Å². The van der Waals surface area contributed by atoms with Crippen LogP contribution in [0.15, 0.2) is 0 Å². The summed E-state index contributed by atoms with van der Waals surface area (Å²) >= 11 is 0. The lowest BCUT2D eigenvalue weighted by atomic mass is 9.57. The lowest BCUT2D eigenvalue weighted by Crippen LogP contribution is -2.45. The van der Waals surface area contributed by atoms with Gasteiger partial charge in [-0.15, -0.1) is 0 Å². The smallest absolute Gasteiger partial charge is 0.0522 e. The molecule has 1 saturated carbocycles. The summed E-state index contributed by atoms with van der Waals surface area (Å²) in [7, 11) is 0. The van der Waals surface area contributed by atoms with Crippen molar-refractivity contribution in [2.24, 2.45) is 17.3 Å². The van der Waals surface area contributed by atoms with Crippen molar-refractivity contribution < 1.29 is 4.74 Å². The molecule has 70 valence electrons. The Morgan fingerprint density at radius 3 is 2.58 bits per heavy atom. The minimum Gasteiger partial charge on any atom is -0.381 e. The second kappa shape index (κ2) is 3.02. The number of ether oxygens (including phenoxy) is 1. The molecular weight excluding hydrogens is 148 g/mol. The Hall–Kier alpha value is -0.0400. The van der Waals surface area contributed by atoms with Gasteiger partial charge in [0.05, 0.1) is 6.61 Å². The highest BCUT2D eigenvalue weighted by Crippen LogP contribution is 2.53. The monoisotopic (exact) mass is 168 g/mol. The summed E-state index contributed by atoms with van der Waals surface area (Å²) in [6, 6.07) is 0. The van der Waals surface area contributed by atoms with E-state index in [2.05, 4.69) is 13.8 Å². The summed E-state index contributed by atoms with van der Waals surface area (Å²) in [6.45, 7) is 6.76. The van der Waals surface area contributed by atoms with Crippen molar-refractivity contribution in [1.29, 1.82) is 0 Å². The quantitative estimate of drug-likeness (QED) is 0.585. The molecule has 0 aromatic heterocycles. The third-order valence-electron chi connectivity index (χ3n) is 3.74. The summed E-state index contributed by atoms with van der Waals surface area (Å²) in [5, 5.41) is 0. The number of hydrogen-bond donors (Lipinski definition) is 0. The van der Waals surface area contributed by atoms with Gasteiger partial charge in [0.2, 0.25) is 0 Å². The normalized spacial score (nSPS) is 41.8. The van der Waals surface area contributed by atoms with E-state index in [1.54, 1.807) is 0 Å². The first-order valence-corrected chi connectivity index (χ1v) is 5.30. The summed E-state index contributed by atoms with van der Waals surface area (Å²) in [5.74, 6) is 1.88. The lowest BCUT2D eigenvalue weighted by molar-refractivity contribution is -0.0920. The summed E-state index contributed by atoms with van der Waals surface area (Å²) < 4.78 is 5.56. The molecule has 12 heavy (non-hydrogen) atoms. The Morgan fingerprint density at radius 1 is 1.33 bits per heavy atom. The van der Waals surface area contributed by atoms with Gasteiger partial charge in [-0.25, -0.2) is 0 Å². The average Bonchev–Trinajstić information content (AvgIpc) is 2.01. The van der Waals surface area contributed by atoms with E-state index in [9.17, 15) is 0 Å². The van der Waals surface area contributed by atoms with Crippen LogP contribution in [0.4, 0.5) is 0 Å². The van der Waals surface area contributed by atoms with Gasteiger partial charge >= 0.3 is 0 Å². The molecule has 0 unspecified atom stereocenters. The molecule has 0 atom stereocenters. The molecule has 1 spiro atoms. The Bertz CT molecular complexity index is 148. The highest BCUT2D eigenvalue weighted by Gasteiger charge is 2.45. The zero-order valence-electron chi connectivity index (χ0n) is 8.31. The lowest BCUT2D eigenvalue weighted by Gasteiger charge is -2.51. The molecule has 2 aliphatic rings. The van der Waals surface area contributed by atoms with E-state index in [0.29, 0.717) is 5.41 Å². The van der Waals surface area contributed by atoms with Crippen LogP contribution in [0.5, 0.6) is 0 Å². The molecule has 0 aromatic rings. The van der Waals surface area contributed by atoms with Crippen molar-refractivity contribution in [2.75, 3.05) is 13.2 Å². The summed E-state index contributed by atoms with van der Waals surface area (Å²) in [4.78, 5) is 0. The molecule has 2 fully saturated rings. The van der Waals surface area contributed by atoms with Crippen LogP contribution in [0, 0.1) is 17.3 Å². The van der Waals surface area contributed by atoms with Gasteiger partial charge in [0, 0.05) is 6.61 Å². The van der Waals surface area contributed by atoms with Crippen molar-refractivity contribution >= 4 is 0 Å². The first-order valence-electron chi connectivity index (χ1n) is 5.30. The predicted octanol–water partition coefficient (Wildman–Crippen LogP) is 2.85. The Kier molecular flexibility index (Phi) is 2.16. The molecule has 2 rings (SSSR count). The van der Waals surface area contributed by atoms with E-state index >= 15 is 0 Å². The first kappa shape index (κ1) is 8.55. The fourth-order valence-electron chi connectivity index (χ4n) is 2.76. The summed E-state index contributed by atoms with van der Waals surface area (Å²) in [6.07, 6.45) is 5.59. The second-order valence-electron chi connectivity index (χ2n) is 5.07. The van der Waals surface area contributed by atoms with Gasteiger partial charge in [0.15, 0.2) is 0 Å². The van der Waals surface area contributed by atoms with Crippen molar-refractivity contribution in [3.63, 3.8) is 0 Å². The zero-order valence-corrected chi connectivity index (χ0v) is 8.31. The van der Waals surface area contributed by atoms with Gasteiger partial charge < -0.3 is 4.74 Å². The van der Waals surface area contributed by atoms with Gasteiger partial charge in [0.1, 0.15) is 0 Å². The minimum atomic E-state index is 0.632. The van der Waals surface area contributed by atoms with E-state index < -0.39 is 0 Å². The SMILES string of the molecule is CC(C)C1CC2(CCCOC2)C1. The van der Waals surface area contributed by atoms with E-state index in [4.69, 9.17) is 4.74 Å². The van der Waals surface area contributed by atoms with Crippen LogP contribution in [0.2, 0.25) is 0 Å². The third kappa shape index (κ3) is 1.39. The van der Waals surface area contributed by atoms with Crippen LogP contribution < -0.4 is 0 Å². The zero-order chi connectivity index (χ0) is 8.60. The van der Waals surface area contributed by atoms with E-state index in [-0.39, 0.29) is 0 Å². The van der Waals surface area contributed by atoms with Crippen molar-refractivity contribution in [3.05, 3.63) is 0 Å². The van der Waals surface area contributed by atoms with Crippen LogP contribution in [-0.4, -0.2) is 13.2 Å². The molecule has 0 N–H and O–H groups in total. The molecule has 1 heterocycles. The predicted molar refractivity (Wildman–Crippen MR) is 50.0 cm³/mol. The number of rotatable bonds is 1. The Balaban J connectivity index is 1.84. The van der Waals surface area contributed by atoms with E-state index in [1.165, 1.54) is 25.7 Å². The third-order valence-corrected chi connectivity index (χ3v) is 3.74. The molecule has 0 aromatic carbocycles. The topological polar surface area (TPSA) is 9.23 Å². The average molecular weight is 168 g/mol. The minimum absolute atomic E-state index is 0.632. The molecule has 0 bridgehead atoms. The first-order chi connectivity index (χ1) is 5.72. The van der Waals surface area contributed by atoms with Crippen molar-refractivity contribution in [1.82, 2.24) is 0 Å². The molecule has 0 radical (unpaired) electrons. The molecular formula is C11H20O. The highest BCUT2D eigenvalue weighted by molar-refractivity contribution is 4.95. The highest BCUT2D eigenvalue weighted by atomic mass is 16.5. The molecule has 0 amide bonds. The Morgan fingerprint density at radius 2 is 2.08 bits per heavy atom. The maximum Gasteiger partial charge on any atom is 0.0522 e. The molecule has 1 saturated heterocycles. The molecule has 1 aliphatic heterocycles. The van der Waals surface area contributed by atoms with Crippen LogP contribution in [0.25, 0.3) is 0 Å². The second-order valence-corrected chi connectivity index (χ2v) is 5.07. The molecule has 1 heteroatoms. The molecule has 1 aliphatic carbocycles. The fraction of sp³-hybridized carbons (Fsp3) is 1.00. The van der Waals surface area contributed by atoms with Gasteiger partial charge in [-0.05, 0) is 42.9 Å². The summed E-state index contributed by atoms with van der Waals surface area (Å²) in [5.41, 5.74) is 0.632. The van der Waals surface area contributed by atoms with Gasteiger partial charge in [0.25, 0.3) is 0 Å². The van der Waals surface area contributed by atoms with Crippen molar-refractivity contribution in [3.8, 4) is 0 Å². The maximum atomic E-state index is 5.56. The molecule has 1 nitrogen and oxygen atoms in total. The number of hydrogen-bond acceptors (Lipinski definition) is 1. The van der Waals surface area contributed by atoms with Crippen molar-refractivity contribution in [2.45, 2.75) is 39.5 Å². The standard InChI is InChI=1S/C11H20O/c1-9(2)10-6-11(7-10)4-3-5-12-8-11/h9-10H,3-8H2,1-2H3. The van der Waals surface area contributed by atoms with Crippen LogP contribution in [0.1, 0.15) is 39.5 Å². The van der Waals surface area contributed by atoms with Crippen LogP contribution >= 0.6 is 0 Å². The van der Waals surface area contributed by atoms with Gasteiger partial charge in [-0.1, -0.05) is 13.8 Å². The maximum absolute atomic E-state index is 5.56. The van der Waals surface area contributed by atoms with E-state index in [1.807, 2.05) is 0 Å².